The average molecular weight is 321 g/mol. The maximum Gasteiger partial charge on any atom is 0.421 e. The molecule has 8 heteroatoms. The average Bonchev–Trinajstić information content (AvgIpc) is 2.45. The van der Waals surface area contributed by atoms with Crippen molar-refractivity contribution in [3.05, 3.63) is 47.7 Å². The van der Waals surface area contributed by atoms with Crippen LogP contribution in [0.3, 0.4) is 0 Å². The van der Waals surface area contributed by atoms with E-state index < -0.39 is 29.2 Å². The second-order valence-electron chi connectivity index (χ2n) is 4.35. The normalized spacial score (nSPS) is 12.3. The van der Waals surface area contributed by atoms with Gasteiger partial charge in [-0.2, -0.15) is 26.3 Å². The van der Waals surface area contributed by atoms with E-state index in [1.54, 1.807) is 0 Å². The Hall–Kier alpha value is -2.25. The highest BCUT2D eigenvalue weighted by Crippen LogP contribution is 2.38. The lowest BCUT2D eigenvalue weighted by Crippen LogP contribution is -2.08. The predicted octanol–water partition coefficient (Wildman–Crippen LogP) is 4.79. The SMILES string of the molecule is COc1cc(-c2cccc(C(F)(F)F)c2)ncc1C(F)(F)F. The second-order valence-corrected chi connectivity index (χ2v) is 4.35. The van der Waals surface area contributed by atoms with Crippen LogP contribution >= 0.6 is 0 Å². The van der Waals surface area contributed by atoms with Gasteiger partial charge in [0.2, 0.25) is 0 Å². The molecule has 0 fully saturated rings. The van der Waals surface area contributed by atoms with Crippen molar-refractivity contribution in [2.75, 3.05) is 7.11 Å². The summed E-state index contributed by atoms with van der Waals surface area (Å²) in [5, 5.41) is 0. The molecular formula is C14H9F6NO. The molecule has 0 aliphatic carbocycles. The minimum absolute atomic E-state index is 0.0434. The van der Waals surface area contributed by atoms with Crippen molar-refractivity contribution in [3.63, 3.8) is 0 Å². The van der Waals surface area contributed by atoms with E-state index in [1.165, 1.54) is 6.07 Å². The molecule has 118 valence electrons. The van der Waals surface area contributed by atoms with Crippen LogP contribution in [0.5, 0.6) is 5.75 Å². The maximum absolute atomic E-state index is 12.7. The summed E-state index contributed by atoms with van der Waals surface area (Å²) in [6.45, 7) is 0. The summed E-state index contributed by atoms with van der Waals surface area (Å²) in [6, 6.07) is 5.12. The highest BCUT2D eigenvalue weighted by atomic mass is 19.4. The molecule has 2 nitrogen and oxygen atoms in total. The predicted molar refractivity (Wildman–Crippen MR) is 66.2 cm³/mol. The molecule has 0 saturated carbocycles. The third-order valence-corrected chi connectivity index (χ3v) is 2.88. The summed E-state index contributed by atoms with van der Waals surface area (Å²) >= 11 is 0. The summed E-state index contributed by atoms with van der Waals surface area (Å²) in [4.78, 5) is 3.58. The Morgan fingerprint density at radius 1 is 0.955 bits per heavy atom. The van der Waals surface area contributed by atoms with E-state index in [-0.39, 0.29) is 11.3 Å². The molecule has 22 heavy (non-hydrogen) atoms. The maximum atomic E-state index is 12.7. The molecule has 0 unspecified atom stereocenters. The van der Waals surface area contributed by atoms with E-state index in [0.717, 1.165) is 31.4 Å². The van der Waals surface area contributed by atoms with Crippen LogP contribution in [0.4, 0.5) is 26.3 Å². The molecule has 2 rings (SSSR count). The Morgan fingerprint density at radius 2 is 1.64 bits per heavy atom. The van der Waals surface area contributed by atoms with E-state index in [4.69, 9.17) is 0 Å². The number of pyridine rings is 1. The van der Waals surface area contributed by atoms with Crippen LogP contribution in [-0.2, 0) is 12.4 Å². The van der Waals surface area contributed by atoms with Gasteiger partial charge in [-0.05, 0) is 12.1 Å². The zero-order chi connectivity index (χ0) is 16.5. The van der Waals surface area contributed by atoms with Crippen molar-refractivity contribution in [2.45, 2.75) is 12.4 Å². The van der Waals surface area contributed by atoms with Crippen LogP contribution in [0.15, 0.2) is 36.5 Å². The molecule has 0 atom stereocenters. The molecule has 2 aromatic rings. The van der Waals surface area contributed by atoms with Gasteiger partial charge in [0.25, 0.3) is 0 Å². The van der Waals surface area contributed by atoms with Gasteiger partial charge in [-0.3, -0.25) is 4.98 Å². The summed E-state index contributed by atoms with van der Waals surface area (Å²) in [5.41, 5.74) is -2.01. The molecular weight excluding hydrogens is 312 g/mol. The molecule has 0 N–H and O–H groups in total. The lowest BCUT2D eigenvalue weighted by molar-refractivity contribution is -0.139. The number of methoxy groups -OCH3 is 1. The van der Waals surface area contributed by atoms with Gasteiger partial charge in [-0.15, -0.1) is 0 Å². The van der Waals surface area contributed by atoms with Crippen molar-refractivity contribution >= 4 is 0 Å². The van der Waals surface area contributed by atoms with Gasteiger partial charge in [0, 0.05) is 17.8 Å². The van der Waals surface area contributed by atoms with Gasteiger partial charge < -0.3 is 4.74 Å². The highest BCUT2D eigenvalue weighted by molar-refractivity contribution is 5.62. The summed E-state index contributed by atoms with van der Waals surface area (Å²) in [5.74, 6) is -0.505. The van der Waals surface area contributed by atoms with Crippen molar-refractivity contribution in [3.8, 4) is 17.0 Å². The van der Waals surface area contributed by atoms with E-state index in [2.05, 4.69) is 9.72 Å². The quantitative estimate of drug-likeness (QED) is 0.742. The molecule has 0 aliphatic rings. The van der Waals surface area contributed by atoms with Crippen LogP contribution < -0.4 is 4.74 Å². The number of hydrogen-bond donors (Lipinski definition) is 0. The molecule has 1 heterocycles. The van der Waals surface area contributed by atoms with Crippen molar-refractivity contribution in [2.24, 2.45) is 0 Å². The number of hydrogen-bond acceptors (Lipinski definition) is 2. The summed E-state index contributed by atoms with van der Waals surface area (Å²) in [6.07, 6.45) is -8.68. The molecule has 0 amide bonds. The Bertz CT molecular complexity index is 678. The Labute approximate surface area is 121 Å². The fraction of sp³-hybridized carbons (Fsp3) is 0.214. The number of aromatic nitrogens is 1. The monoisotopic (exact) mass is 321 g/mol. The third kappa shape index (κ3) is 3.32. The van der Waals surface area contributed by atoms with Crippen LogP contribution in [0.2, 0.25) is 0 Å². The molecule has 0 bridgehead atoms. The minimum atomic E-state index is -4.66. The van der Waals surface area contributed by atoms with Crippen LogP contribution in [0.25, 0.3) is 11.3 Å². The highest BCUT2D eigenvalue weighted by Gasteiger charge is 2.35. The molecule has 0 aliphatic heterocycles. The van der Waals surface area contributed by atoms with E-state index in [0.29, 0.717) is 6.20 Å². The van der Waals surface area contributed by atoms with Gasteiger partial charge in [0.1, 0.15) is 11.3 Å². The Balaban J connectivity index is 2.51. The summed E-state index contributed by atoms with van der Waals surface area (Å²) < 4.78 is 80.8. The smallest absolute Gasteiger partial charge is 0.421 e. The second kappa shape index (κ2) is 5.51. The van der Waals surface area contributed by atoms with Gasteiger partial charge in [0.15, 0.2) is 0 Å². The van der Waals surface area contributed by atoms with Crippen LogP contribution in [0, 0.1) is 0 Å². The largest absolute Gasteiger partial charge is 0.496 e. The number of rotatable bonds is 2. The van der Waals surface area contributed by atoms with Crippen molar-refractivity contribution in [1.29, 1.82) is 0 Å². The van der Waals surface area contributed by atoms with Crippen molar-refractivity contribution in [1.82, 2.24) is 4.98 Å². The number of nitrogens with zero attached hydrogens (tertiary/aromatic N) is 1. The van der Waals surface area contributed by atoms with Gasteiger partial charge >= 0.3 is 12.4 Å². The fourth-order valence-electron chi connectivity index (χ4n) is 1.83. The minimum Gasteiger partial charge on any atom is -0.496 e. The van der Waals surface area contributed by atoms with Gasteiger partial charge in [-0.25, -0.2) is 0 Å². The lowest BCUT2D eigenvalue weighted by atomic mass is 10.1. The zero-order valence-corrected chi connectivity index (χ0v) is 11.1. The first-order valence-electron chi connectivity index (χ1n) is 5.92. The standard InChI is InChI=1S/C14H9F6NO/c1-22-12-6-11(21-7-10(12)14(18,19)20)8-3-2-4-9(5-8)13(15,16)17/h2-7H,1H3. The van der Waals surface area contributed by atoms with Crippen LogP contribution in [0.1, 0.15) is 11.1 Å². The van der Waals surface area contributed by atoms with Gasteiger partial charge in [0.05, 0.1) is 18.4 Å². The summed E-state index contributed by atoms with van der Waals surface area (Å²) in [7, 11) is 1.04. The Morgan fingerprint density at radius 3 is 2.18 bits per heavy atom. The van der Waals surface area contributed by atoms with Gasteiger partial charge in [-0.1, -0.05) is 12.1 Å². The van der Waals surface area contributed by atoms with E-state index in [1.807, 2.05) is 0 Å². The van der Waals surface area contributed by atoms with E-state index in [9.17, 15) is 26.3 Å². The number of alkyl halides is 6. The third-order valence-electron chi connectivity index (χ3n) is 2.88. The van der Waals surface area contributed by atoms with E-state index >= 15 is 0 Å². The molecule has 0 saturated heterocycles. The number of halogens is 6. The Kier molecular flexibility index (Phi) is 4.04. The van der Waals surface area contributed by atoms with Crippen molar-refractivity contribution < 1.29 is 31.1 Å². The first-order chi connectivity index (χ1) is 10.1. The topological polar surface area (TPSA) is 22.1 Å². The number of benzene rings is 1. The molecule has 1 aromatic heterocycles. The molecule has 1 aromatic carbocycles. The first kappa shape index (κ1) is 16.1. The molecule has 0 spiro atoms. The molecule has 0 radical (unpaired) electrons. The lowest BCUT2D eigenvalue weighted by Gasteiger charge is -2.13. The fourth-order valence-corrected chi connectivity index (χ4v) is 1.83. The first-order valence-corrected chi connectivity index (χ1v) is 5.92. The zero-order valence-electron chi connectivity index (χ0n) is 11.1. The number of ether oxygens (including phenoxy) is 1. The van der Waals surface area contributed by atoms with Crippen LogP contribution in [-0.4, -0.2) is 12.1 Å².